The van der Waals surface area contributed by atoms with E-state index in [2.05, 4.69) is 19.9 Å². The van der Waals surface area contributed by atoms with Crippen LogP contribution in [0.1, 0.15) is 0 Å². The summed E-state index contributed by atoms with van der Waals surface area (Å²) in [6.07, 6.45) is 3.49. The lowest BCUT2D eigenvalue weighted by Crippen LogP contribution is -2.47. The maximum atomic E-state index is 6.13. The van der Waals surface area contributed by atoms with Crippen molar-refractivity contribution in [2.24, 2.45) is 0 Å². The number of hydrogen-bond acceptors (Lipinski definition) is 5. The van der Waals surface area contributed by atoms with E-state index in [1.165, 1.54) is 0 Å². The van der Waals surface area contributed by atoms with E-state index in [0.29, 0.717) is 10.0 Å². The molecule has 8 heteroatoms. The van der Waals surface area contributed by atoms with E-state index < -0.39 is 0 Å². The molecule has 0 amide bonds. The molecule has 2 aromatic heterocycles. The van der Waals surface area contributed by atoms with Crippen LogP contribution in [-0.4, -0.2) is 59.5 Å². The molecule has 3 aromatic rings. The van der Waals surface area contributed by atoms with Crippen LogP contribution in [0.2, 0.25) is 10.0 Å². The van der Waals surface area contributed by atoms with Gasteiger partial charge in [0, 0.05) is 56.1 Å². The van der Waals surface area contributed by atoms with Crippen LogP contribution >= 0.6 is 23.2 Å². The second-order valence-electron chi connectivity index (χ2n) is 6.58. The highest BCUT2D eigenvalue weighted by molar-refractivity contribution is 6.32. The number of rotatable bonds is 5. The number of halogens is 2. The van der Waals surface area contributed by atoms with Gasteiger partial charge in [-0.25, -0.2) is 9.67 Å². The van der Waals surface area contributed by atoms with Crippen LogP contribution in [0.15, 0.2) is 36.7 Å². The standard InChI is InChI=1S/C19H21Cl2N5O/c1-27-18-11-16(2-3-17(18)21)25-7-4-24(5-8-25)6-9-26-19-14(12-23-26)10-15(20)13-22-19/h2-3,10-13H,4-9H2,1H3. The summed E-state index contributed by atoms with van der Waals surface area (Å²) in [5.74, 6) is 0.717. The molecule has 142 valence electrons. The fourth-order valence-corrected chi connectivity index (χ4v) is 3.78. The van der Waals surface area contributed by atoms with E-state index in [4.69, 9.17) is 27.9 Å². The second kappa shape index (κ2) is 7.92. The van der Waals surface area contributed by atoms with Gasteiger partial charge in [0.1, 0.15) is 5.75 Å². The molecule has 3 heterocycles. The van der Waals surface area contributed by atoms with Crippen molar-refractivity contribution in [2.45, 2.75) is 6.54 Å². The molecule has 0 saturated carbocycles. The fraction of sp³-hybridized carbons (Fsp3) is 0.368. The Balaban J connectivity index is 1.34. The van der Waals surface area contributed by atoms with Gasteiger partial charge in [-0.1, -0.05) is 23.2 Å². The summed E-state index contributed by atoms with van der Waals surface area (Å²) in [5.41, 5.74) is 2.03. The Morgan fingerprint density at radius 2 is 1.85 bits per heavy atom. The summed E-state index contributed by atoms with van der Waals surface area (Å²) < 4.78 is 7.27. The number of ether oxygens (including phenoxy) is 1. The number of nitrogens with zero attached hydrogens (tertiary/aromatic N) is 5. The molecule has 6 nitrogen and oxygen atoms in total. The third kappa shape index (κ3) is 3.98. The summed E-state index contributed by atoms with van der Waals surface area (Å²) in [6, 6.07) is 7.84. The monoisotopic (exact) mass is 405 g/mol. The van der Waals surface area contributed by atoms with Gasteiger partial charge in [-0.05, 0) is 18.2 Å². The van der Waals surface area contributed by atoms with Crippen molar-refractivity contribution in [1.82, 2.24) is 19.7 Å². The van der Waals surface area contributed by atoms with Gasteiger partial charge >= 0.3 is 0 Å². The average Bonchev–Trinajstić information content (AvgIpc) is 3.09. The van der Waals surface area contributed by atoms with Gasteiger partial charge in [0.25, 0.3) is 0 Å². The first-order chi connectivity index (χ1) is 13.1. The third-order valence-electron chi connectivity index (χ3n) is 4.94. The number of aromatic nitrogens is 3. The highest BCUT2D eigenvalue weighted by atomic mass is 35.5. The van der Waals surface area contributed by atoms with E-state index >= 15 is 0 Å². The summed E-state index contributed by atoms with van der Waals surface area (Å²) in [6.45, 7) is 5.70. The van der Waals surface area contributed by atoms with E-state index in [1.54, 1.807) is 13.3 Å². The molecule has 27 heavy (non-hydrogen) atoms. The van der Waals surface area contributed by atoms with Gasteiger partial charge in [0.2, 0.25) is 0 Å². The quantitative estimate of drug-likeness (QED) is 0.649. The van der Waals surface area contributed by atoms with E-state index in [9.17, 15) is 0 Å². The van der Waals surface area contributed by atoms with Crippen molar-refractivity contribution in [1.29, 1.82) is 0 Å². The van der Waals surface area contributed by atoms with Crippen LogP contribution in [0.5, 0.6) is 5.75 Å². The molecule has 1 fully saturated rings. The molecule has 0 unspecified atom stereocenters. The van der Waals surface area contributed by atoms with Gasteiger partial charge in [-0.2, -0.15) is 5.10 Å². The predicted octanol–water partition coefficient (Wildman–Crippen LogP) is 3.57. The van der Waals surface area contributed by atoms with E-state index in [1.807, 2.05) is 35.1 Å². The van der Waals surface area contributed by atoms with Crippen LogP contribution in [0.4, 0.5) is 5.69 Å². The number of fused-ring (bicyclic) bond motifs is 1. The minimum atomic E-state index is 0.636. The van der Waals surface area contributed by atoms with Crippen LogP contribution in [0, 0.1) is 0 Å². The van der Waals surface area contributed by atoms with Crippen molar-refractivity contribution < 1.29 is 4.74 Å². The Morgan fingerprint density at radius 1 is 1.04 bits per heavy atom. The number of benzene rings is 1. The first-order valence-corrected chi connectivity index (χ1v) is 9.67. The summed E-state index contributed by atoms with van der Waals surface area (Å²) in [5, 5.41) is 6.69. The minimum Gasteiger partial charge on any atom is -0.495 e. The normalized spacial score (nSPS) is 15.4. The Morgan fingerprint density at radius 3 is 2.63 bits per heavy atom. The lowest BCUT2D eigenvalue weighted by Gasteiger charge is -2.36. The molecule has 0 spiro atoms. The number of methoxy groups -OCH3 is 1. The van der Waals surface area contributed by atoms with Gasteiger partial charge < -0.3 is 9.64 Å². The molecule has 0 bridgehead atoms. The van der Waals surface area contributed by atoms with Gasteiger partial charge in [0.15, 0.2) is 5.65 Å². The lowest BCUT2D eigenvalue weighted by atomic mass is 10.2. The first kappa shape index (κ1) is 18.3. The van der Waals surface area contributed by atoms with Crippen LogP contribution in [-0.2, 0) is 6.54 Å². The summed E-state index contributed by atoms with van der Waals surface area (Å²) in [4.78, 5) is 9.21. The zero-order valence-electron chi connectivity index (χ0n) is 15.1. The molecule has 0 atom stereocenters. The second-order valence-corrected chi connectivity index (χ2v) is 7.43. The van der Waals surface area contributed by atoms with Crippen LogP contribution < -0.4 is 9.64 Å². The van der Waals surface area contributed by atoms with Crippen molar-refractivity contribution in [2.75, 3.05) is 44.7 Å². The van der Waals surface area contributed by atoms with Crippen LogP contribution in [0.3, 0.4) is 0 Å². The molecule has 4 rings (SSSR count). The molecular weight excluding hydrogens is 385 g/mol. The zero-order chi connectivity index (χ0) is 18.8. The summed E-state index contributed by atoms with van der Waals surface area (Å²) in [7, 11) is 1.64. The van der Waals surface area contributed by atoms with Crippen molar-refractivity contribution in [3.63, 3.8) is 0 Å². The van der Waals surface area contributed by atoms with Crippen molar-refractivity contribution >= 4 is 39.9 Å². The number of piperazine rings is 1. The Kier molecular flexibility index (Phi) is 5.38. The first-order valence-electron chi connectivity index (χ1n) is 8.92. The van der Waals surface area contributed by atoms with Crippen molar-refractivity contribution in [3.8, 4) is 5.75 Å². The van der Waals surface area contributed by atoms with Gasteiger partial charge in [-0.3, -0.25) is 4.90 Å². The summed E-state index contributed by atoms with van der Waals surface area (Å²) >= 11 is 12.1. The number of hydrogen-bond donors (Lipinski definition) is 0. The molecule has 1 aliphatic rings. The Labute approximate surface area is 168 Å². The highest BCUT2D eigenvalue weighted by Crippen LogP contribution is 2.29. The number of anilines is 1. The molecule has 1 aromatic carbocycles. The number of pyridine rings is 1. The van der Waals surface area contributed by atoms with Gasteiger partial charge in [-0.15, -0.1) is 0 Å². The smallest absolute Gasteiger partial charge is 0.157 e. The van der Waals surface area contributed by atoms with E-state index in [0.717, 1.165) is 61.7 Å². The minimum absolute atomic E-state index is 0.636. The Bertz CT molecular complexity index is 937. The third-order valence-corrected chi connectivity index (χ3v) is 5.46. The fourth-order valence-electron chi connectivity index (χ4n) is 3.42. The SMILES string of the molecule is COc1cc(N2CCN(CCn3ncc4cc(Cl)cnc43)CC2)ccc1Cl. The van der Waals surface area contributed by atoms with Crippen LogP contribution in [0.25, 0.3) is 11.0 Å². The topological polar surface area (TPSA) is 46.4 Å². The zero-order valence-corrected chi connectivity index (χ0v) is 16.6. The average molecular weight is 406 g/mol. The predicted molar refractivity (Wildman–Crippen MR) is 109 cm³/mol. The van der Waals surface area contributed by atoms with Crippen molar-refractivity contribution in [3.05, 3.63) is 46.7 Å². The van der Waals surface area contributed by atoms with E-state index in [-0.39, 0.29) is 0 Å². The lowest BCUT2D eigenvalue weighted by molar-refractivity contribution is 0.245. The highest BCUT2D eigenvalue weighted by Gasteiger charge is 2.18. The maximum Gasteiger partial charge on any atom is 0.157 e. The molecule has 0 radical (unpaired) electrons. The molecular formula is C19H21Cl2N5O. The Hall–Kier alpha value is -2.02. The molecule has 1 saturated heterocycles. The van der Waals surface area contributed by atoms with Gasteiger partial charge in [0.05, 0.1) is 29.9 Å². The molecule has 0 aliphatic carbocycles. The molecule has 0 N–H and O–H groups in total. The largest absolute Gasteiger partial charge is 0.495 e. The maximum absolute atomic E-state index is 6.13. The molecule has 1 aliphatic heterocycles.